The maximum Gasteiger partial charge on any atom is 0.265 e. The molecule has 0 radical (unpaired) electrons. The molecule has 2 atom stereocenters. The van der Waals surface area contributed by atoms with Crippen molar-refractivity contribution in [3.05, 3.63) is 66.2 Å². The molecule has 1 unspecified atom stereocenters. The van der Waals surface area contributed by atoms with E-state index in [0.717, 1.165) is 12.1 Å². The summed E-state index contributed by atoms with van der Waals surface area (Å²) in [7, 11) is 0. The largest absolute Gasteiger partial charge is 0.476 e. The Hall–Kier alpha value is -2.33. The standard InChI is InChI=1S/C19H24N2O2/c1-3-20-15(2)14-21-19(22)18(16-10-6-4-7-11-16)23-17-12-8-5-9-13-17/h4-13,15,18,20H,3,14H2,1-2H3,(H,21,22)/t15-,18?/m1/s1. The van der Waals surface area contributed by atoms with Crippen LogP contribution in [0.4, 0.5) is 0 Å². The minimum Gasteiger partial charge on any atom is -0.476 e. The Morgan fingerprint density at radius 3 is 2.26 bits per heavy atom. The van der Waals surface area contributed by atoms with Gasteiger partial charge in [0.1, 0.15) is 5.75 Å². The van der Waals surface area contributed by atoms with Gasteiger partial charge in [0.15, 0.2) is 0 Å². The molecule has 122 valence electrons. The molecule has 1 amide bonds. The molecule has 0 spiro atoms. The summed E-state index contributed by atoms with van der Waals surface area (Å²) < 4.78 is 5.92. The van der Waals surface area contributed by atoms with Crippen LogP contribution >= 0.6 is 0 Å². The lowest BCUT2D eigenvalue weighted by Gasteiger charge is -2.21. The van der Waals surface area contributed by atoms with Gasteiger partial charge < -0.3 is 15.4 Å². The fourth-order valence-corrected chi connectivity index (χ4v) is 2.30. The first-order valence-corrected chi connectivity index (χ1v) is 7.98. The number of nitrogens with one attached hydrogen (secondary N) is 2. The number of amides is 1. The summed E-state index contributed by atoms with van der Waals surface area (Å²) in [5.74, 6) is 0.543. The molecule has 0 aliphatic heterocycles. The summed E-state index contributed by atoms with van der Waals surface area (Å²) in [6, 6.07) is 19.2. The van der Waals surface area contributed by atoms with Crippen LogP contribution < -0.4 is 15.4 Å². The van der Waals surface area contributed by atoms with Gasteiger partial charge in [0.05, 0.1) is 0 Å². The zero-order valence-electron chi connectivity index (χ0n) is 13.7. The van der Waals surface area contributed by atoms with Crippen LogP contribution in [0.25, 0.3) is 0 Å². The summed E-state index contributed by atoms with van der Waals surface area (Å²) in [5.41, 5.74) is 0.838. The number of para-hydroxylation sites is 1. The van der Waals surface area contributed by atoms with Crippen molar-refractivity contribution in [3.8, 4) is 5.75 Å². The van der Waals surface area contributed by atoms with E-state index in [9.17, 15) is 4.79 Å². The highest BCUT2D eigenvalue weighted by Gasteiger charge is 2.22. The lowest BCUT2D eigenvalue weighted by molar-refractivity contribution is -0.128. The van der Waals surface area contributed by atoms with Crippen LogP contribution in [0.1, 0.15) is 25.5 Å². The van der Waals surface area contributed by atoms with Gasteiger partial charge in [0, 0.05) is 18.2 Å². The zero-order chi connectivity index (χ0) is 16.5. The Kier molecular flexibility index (Phi) is 6.63. The van der Waals surface area contributed by atoms with Crippen LogP contribution in [-0.4, -0.2) is 25.0 Å². The molecule has 2 aromatic carbocycles. The van der Waals surface area contributed by atoms with Crippen LogP contribution in [0.15, 0.2) is 60.7 Å². The van der Waals surface area contributed by atoms with Crippen molar-refractivity contribution in [3.63, 3.8) is 0 Å². The fourth-order valence-electron chi connectivity index (χ4n) is 2.30. The highest BCUT2D eigenvalue weighted by atomic mass is 16.5. The Balaban J connectivity index is 2.08. The molecular weight excluding hydrogens is 288 g/mol. The van der Waals surface area contributed by atoms with Crippen LogP contribution in [0, 0.1) is 0 Å². The van der Waals surface area contributed by atoms with Crippen LogP contribution in [-0.2, 0) is 4.79 Å². The quantitative estimate of drug-likeness (QED) is 0.788. The fraction of sp³-hybridized carbons (Fsp3) is 0.316. The summed E-state index contributed by atoms with van der Waals surface area (Å²) in [4.78, 5) is 12.6. The highest BCUT2D eigenvalue weighted by Crippen LogP contribution is 2.21. The van der Waals surface area contributed by atoms with Gasteiger partial charge >= 0.3 is 0 Å². The van der Waals surface area contributed by atoms with Gasteiger partial charge in [-0.25, -0.2) is 0 Å². The number of hydrogen-bond donors (Lipinski definition) is 2. The number of rotatable bonds is 8. The van der Waals surface area contributed by atoms with Crippen LogP contribution in [0.3, 0.4) is 0 Å². The van der Waals surface area contributed by atoms with Crippen molar-refractivity contribution in [1.82, 2.24) is 10.6 Å². The van der Waals surface area contributed by atoms with Crippen molar-refractivity contribution in [2.75, 3.05) is 13.1 Å². The Labute approximate surface area is 137 Å². The van der Waals surface area contributed by atoms with Crippen molar-refractivity contribution in [2.24, 2.45) is 0 Å². The van der Waals surface area contributed by atoms with E-state index in [0.29, 0.717) is 12.3 Å². The SMILES string of the molecule is CCN[C@H](C)CNC(=O)C(Oc1ccccc1)c1ccccc1. The van der Waals surface area contributed by atoms with E-state index in [-0.39, 0.29) is 11.9 Å². The smallest absolute Gasteiger partial charge is 0.265 e. The normalized spacial score (nSPS) is 13.1. The van der Waals surface area contributed by atoms with Crippen molar-refractivity contribution >= 4 is 5.91 Å². The molecule has 0 heterocycles. The molecule has 0 saturated heterocycles. The summed E-state index contributed by atoms with van der Waals surface area (Å²) in [5, 5.41) is 6.23. The van der Waals surface area contributed by atoms with Gasteiger partial charge in [-0.15, -0.1) is 0 Å². The number of benzene rings is 2. The molecule has 0 aliphatic rings. The highest BCUT2D eigenvalue weighted by molar-refractivity contribution is 5.82. The lowest BCUT2D eigenvalue weighted by Crippen LogP contribution is -2.41. The van der Waals surface area contributed by atoms with Gasteiger partial charge in [-0.1, -0.05) is 55.5 Å². The predicted octanol–water partition coefficient (Wildman–Crippen LogP) is 2.92. The molecule has 2 N–H and O–H groups in total. The molecule has 0 aromatic heterocycles. The van der Waals surface area contributed by atoms with Crippen molar-refractivity contribution in [1.29, 1.82) is 0 Å². The summed E-state index contributed by atoms with van der Waals surface area (Å²) in [6.45, 7) is 5.52. The van der Waals surface area contributed by atoms with E-state index in [1.165, 1.54) is 0 Å². The van der Waals surface area contributed by atoms with E-state index >= 15 is 0 Å². The molecule has 0 saturated carbocycles. The monoisotopic (exact) mass is 312 g/mol. The van der Waals surface area contributed by atoms with Gasteiger partial charge in [-0.2, -0.15) is 0 Å². The third kappa shape index (κ3) is 5.42. The number of ether oxygens (including phenoxy) is 1. The van der Waals surface area contributed by atoms with Gasteiger partial charge in [-0.05, 0) is 25.6 Å². The number of likely N-dealkylation sites (N-methyl/N-ethyl adjacent to an activating group) is 1. The summed E-state index contributed by atoms with van der Waals surface area (Å²) in [6.07, 6.45) is -0.660. The van der Waals surface area contributed by atoms with E-state index in [1.807, 2.05) is 74.5 Å². The molecule has 4 heteroatoms. The van der Waals surface area contributed by atoms with Gasteiger partial charge in [0.2, 0.25) is 6.10 Å². The average molecular weight is 312 g/mol. The molecule has 2 aromatic rings. The van der Waals surface area contributed by atoms with Crippen molar-refractivity contribution < 1.29 is 9.53 Å². The maximum atomic E-state index is 12.6. The van der Waals surface area contributed by atoms with Crippen LogP contribution in [0.5, 0.6) is 5.75 Å². The molecule has 0 aliphatic carbocycles. The summed E-state index contributed by atoms with van der Waals surface area (Å²) >= 11 is 0. The minimum atomic E-state index is -0.660. The molecule has 2 rings (SSSR count). The lowest BCUT2D eigenvalue weighted by atomic mass is 10.1. The third-order valence-electron chi connectivity index (χ3n) is 3.47. The number of hydrogen-bond acceptors (Lipinski definition) is 3. The second-order valence-electron chi connectivity index (χ2n) is 5.43. The van der Waals surface area contributed by atoms with Gasteiger partial charge in [-0.3, -0.25) is 4.79 Å². The van der Waals surface area contributed by atoms with Crippen molar-refractivity contribution in [2.45, 2.75) is 26.0 Å². The van der Waals surface area contributed by atoms with E-state index < -0.39 is 6.10 Å². The topological polar surface area (TPSA) is 50.4 Å². The Morgan fingerprint density at radius 1 is 1.04 bits per heavy atom. The van der Waals surface area contributed by atoms with Gasteiger partial charge in [0.25, 0.3) is 5.91 Å². The van der Waals surface area contributed by atoms with E-state index in [2.05, 4.69) is 10.6 Å². The Bertz CT molecular complexity index is 587. The molecule has 0 bridgehead atoms. The molecule has 0 fully saturated rings. The number of carbonyl (C=O) groups is 1. The second kappa shape index (κ2) is 8.96. The zero-order valence-corrected chi connectivity index (χ0v) is 13.7. The number of carbonyl (C=O) groups excluding carboxylic acids is 1. The molecule has 23 heavy (non-hydrogen) atoms. The Morgan fingerprint density at radius 2 is 1.65 bits per heavy atom. The first-order valence-electron chi connectivity index (χ1n) is 7.98. The first-order chi connectivity index (χ1) is 11.2. The maximum absolute atomic E-state index is 12.6. The average Bonchev–Trinajstić information content (AvgIpc) is 2.59. The third-order valence-corrected chi connectivity index (χ3v) is 3.47. The van der Waals surface area contributed by atoms with E-state index in [4.69, 9.17) is 4.74 Å². The molecule has 4 nitrogen and oxygen atoms in total. The minimum absolute atomic E-state index is 0.134. The predicted molar refractivity (Wildman–Crippen MR) is 92.4 cm³/mol. The van der Waals surface area contributed by atoms with E-state index in [1.54, 1.807) is 0 Å². The van der Waals surface area contributed by atoms with Crippen LogP contribution in [0.2, 0.25) is 0 Å². The first kappa shape index (κ1) is 17.0. The molecular formula is C19H24N2O2. The second-order valence-corrected chi connectivity index (χ2v) is 5.43.